The van der Waals surface area contributed by atoms with E-state index >= 15 is 0 Å². The summed E-state index contributed by atoms with van der Waals surface area (Å²) in [6.07, 6.45) is 4.75. The van der Waals surface area contributed by atoms with Crippen molar-refractivity contribution >= 4 is 76.8 Å². The van der Waals surface area contributed by atoms with Crippen molar-refractivity contribution in [2.45, 2.75) is 93.4 Å². The molecule has 9 nitrogen and oxygen atoms in total. The maximum atomic E-state index is 12.0. The molecule has 1 saturated heterocycles. The predicted molar refractivity (Wildman–Crippen MR) is 115 cm³/mol. The molecular weight excluding hydrogens is 716 g/mol. The van der Waals surface area contributed by atoms with Gasteiger partial charge >= 0.3 is 198 Å². The van der Waals surface area contributed by atoms with Gasteiger partial charge in [0, 0.05) is 0 Å². The summed E-state index contributed by atoms with van der Waals surface area (Å²) in [5, 5.41) is 0. The minimum absolute atomic E-state index is 0.451. The van der Waals surface area contributed by atoms with E-state index < -0.39 is 76.8 Å². The summed E-state index contributed by atoms with van der Waals surface area (Å²) >= 11 is -13.7. The first-order valence-corrected chi connectivity index (χ1v) is 27.3. The van der Waals surface area contributed by atoms with Crippen LogP contribution in [-0.2, 0) is 27.8 Å². The van der Waals surface area contributed by atoms with E-state index in [2.05, 4.69) is 0 Å². The Hall–Kier alpha value is 0.686. The third-order valence-corrected chi connectivity index (χ3v) is 58.8. The number of carbonyl (C=O) groups excluding carboxylic acids is 3. The first-order chi connectivity index (χ1) is 14.1. The second kappa shape index (κ2) is 13.4. The van der Waals surface area contributed by atoms with E-state index in [9.17, 15) is 14.4 Å². The van der Waals surface area contributed by atoms with Crippen LogP contribution in [0, 0.1) is 0 Å². The monoisotopic (exact) mass is 756 g/mol. The molecule has 0 N–H and O–H groups in total. The summed E-state index contributed by atoms with van der Waals surface area (Å²) in [6.45, 7) is 10.0. The molecule has 0 aromatic heterocycles. The van der Waals surface area contributed by atoms with Crippen LogP contribution in [-0.4, -0.2) is 76.8 Å². The van der Waals surface area contributed by atoms with Crippen molar-refractivity contribution in [2.24, 2.45) is 0 Å². The third-order valence-electron chi connectivity index (χ3n) is 4.34. The van der Waals surface area contributed by atoms with Gasteiger partial charge in [-0.05, 0) is 0 Å². The molecule has 0 aromatic rings. The quantitative estimate of drug-likeness (QED) is 0.274. The summed E-state index contributed by atoms with van der Waals surface area (Å²) in [4.78, 5) is 36.1. The molecule has 0 radical (unpaired) electrons. The van der Waals surface area contributed by atoms with Gasteiger partial charge in [-0.15, -0.1) is 0 Å². The average Bonchev–Trinajstić information content (AvgIpc) is 2.61. The van der Waals surface area contributed by atoms with E-state index in [-0.39, 0.29) is 0 Å². The van der Waals surface area contributed by atoms with Crippen molar-refractivity contribution in [3.63, 3.8) is 0 Å². The van der Waals surface area contributed by atoms with Crippen LogP contribution in [0.15, 0.2) is 0 Å². The van der Waals surface area contributed by atoms with Gasteiger partial charge in [-0.3, -0.25) is 0 Å². The first-order valence-electron chi connectivity index (χ1n) is 10.7. The number of rotatable bonds is 12. The van der Waals surface area contributed by atoms with Crippen LogP contribution in [0.3, 0.4) is 0 Å². The molecule has 0 aromatic carbocycles. The first kappa shape index (κ1) is 28.7. The van der Waals surface area contributed by atoms with E-state index in [0.717, 1.165) is 38.5 Å². The molecule has 1 rings (SSSR count). The van der Waals surface area contributed by atoms with Crippen molar-refractivity contribution in [3.8, 4) is 0 Å². The second-order valence-corrected chi connectivity index (χ2v) is 38.6. The summed E-state index contributed by atoms with van der Waals surface area (Å²) in [5.41, 5.74) is 0. The normalized spacial score (nSPS) is 28.6. The topological polar surface area (TPSA) is 107 Å². The van der Waals surface area contributed by atoms with Gasteiger partial charge in [0.1, 0.15) is 0 Å². The summed E-state index contributed by atoms with van der Waals surface area (Å²) in [6, 6.07) is 0. The number of hydrogen-bond donors (Lipinski definition) is 0. The van der Waals surface area contributed by atoms with Gasteiger partial charge in [0.05, 0.1) is 0 Å². The zero-order valence-electron chi connectivity index (χ0n) is 19.0. The SMILES string of the molecule is CCC[CH2][Sn]1([O]C(C)=O)[O][Sn]([CH2]CCC)([O]C(C)=O)[O][Sn]([CH2]CCC)([O]C(C)=O)[O]1. The van der Waals surface area contributed by atoms with Gasteiger partial charge < -0.3 is 0 Å². The predicted octanol–water partition coefficient (Wildman–Crippen LogP) is 3.96. The fourth-order valence-corrected chi connectivity index (χ4v) is 83.6. The Morgan fingerprint density at radius 1 is 0.567 bits per heavy atom. The average molecular weight is 753 g/mol. The maximum absolute atomic E-state index is 12.0. The molecule has 0 spiro atoms. The van der Waals surface area contributed by atoms with Crippen molar-refractivity contribution < 1.29 is 27.8 Å². The third kappa shape index (κ3) is 9.28. The molecule has 1 aliphatic heterocycles. The Morgan fingerprint density at radius 2 is 0.800 bits per heavy atom. The zero-order chi connectivity index (χ0) is 22.8. The van der Waals surface area contributed by atoms with Gasteiger partial charge in [0.2, 0.25) is 0 Å². The molecule has 0 amide bonds. The summed E-state index contributed by atoms with van der Waals surface area (Å²) < 4.78 is 38.1. The molecule has 0 unspecified atom stereocenters. The molecule has 0 saturated carbocycles. The van der Waals surface area contributed by atoms with Crippen LogP contribution in [0.5, 0.6) is 0 Å². The molecule has 30 heavy (non-hydrogen) atoms. The standard InChI is InChI=1S/3C4H9.3C2H4O2.3O.3Sn/c3*1-3-4-2;3*1-2(3)4;;;;;;/h3*1,3-4H2,2H3;3*1H3,(H,3,4);;;;;;/q;;;;;;;;;3*+1/p-3. The van der Waals surface area contributed by atoms with E-state index in [4.69, 9.17) is 13.5 Å². The molecule has 1 fully saturated rings. The Labute approximate surface area is 196 Å². The van der Waals surface area contributed by atoms with Crippen LogP contribution in [0.2, 0.25) is 13.3 Å². The van der Waals surface area contributed by atoms with E-state index in [1.807, 2.05) is 20.8 Å². The van der Waals surface area contributed by atoms with Crippen LogP contribution in [0.25, 0.3) is 0 Å². The number of carbonyl (C=O) groups is 3. The molecule has 0 bridgehead atoms. The molecule has 174 valence electrons. The van der Waals surface area contributed by atoms with E-state index in [1.54, 1.807) is 0 Å². The minimum atomic E-state index is -4.57. The molecular formula is C18H36O9Sn3. The van der Waals surface area contributed by atoms with Gasteiger partial charge in [0.15, 0.2) is 0 Å². The van der Waals surface area contributed by atoms with E-state index in [1.165, 1.54) is 20.8 Å². The Morgan fingerprint density at radius 3 is 0.967 bits per heavy atom. The van der Waals surface area contributed by atoms with E-state index in [0.29, 0.717) is 13.3 Å². The molecule has 0 aliphatic carbocycles. The van der Waals surface area contributed by atoms with Crippen LogP contribution < -0.4 is 0 Å². The van der Waals surface area contributed by atoms with Crippen molar-refractivity contribution in [3.05, 3.63) is 0 Å². The van der Waals surface area contributed by atoms with Gasteiger partial charge in [-0.25, -0.2) is 0 Å². The van der Waals surface area contributed by atoms with Crippen LogP contribution >= 0.6 is 0 Å². The molecule has 12 heteroatoms. The van der Waals surface area contributed by atoms with Crippen molar-refractivity contribution in [1.29, 1.82) is 0 Å². The fraction of sp³-hybridized carbons (Fsp3) is 0.833. The molecule has 1 heterocycles. The Kier molecular flexibility index (Phi) is 12.8. The Bertz CT molecular complexity index is 513. The zero-order valence-corrected chi connectivity index (χ0v) is 27.6. The Balaban J connectivity index is 3.56. The fourth-order valence-electron chi connectivity index (χ4n) is 3.19. The number of hydrogen-bond acceptors (Lipinski definition) is 9. The van der Waals surface area contributed by atoms with Gasteiger partial charge in [0.25, 0.3) is 0 Å². The van der Waals surface area contributed by atoms with Crippen molar-refractivity contribution in [1.82, 2.24) is 0 Å². The summed E-state index contributed by atoms with van der Waals surface area (Å²) in [7, 11) is 0. The van der Waals surface area contributed by atoms with Crippen LogP contribution in [0.1, 0.15) is 80.1 Å². The number of unbranched alkanes of at least 4 members (excludes halogenated alkanes) is 3. The molecule has 0 atom stereocenters. The summed E-state index contributed by atoms with van der Waals surface area (Å²) in [5.74, 6) is -1.50. The van der Waals surface area contributed by atoms with Crippen molar-refractivity contribution in [2.75, 3.05) is 0 Å². The van der Waals surface area contributed by atoms with Crippen LogP contribution in [0.4, 0.5) is 0 Å². The second-order valence-electron chi connectivity index (χ2n) is 7.45. The van der Waals surface area contributed by atoms with Gasteiger partial charge in [-0.2, -0.15) is 0 Å². The molecule has 1 aliphatic rings. The van der Waals surface area contributed by atoms with Gasteiger partial charge in [-0.1, -0.05) is 0 Å².